The van der Waals surface area contributed by atoms with E-state index < -0.39 is 0 Å². The molecule has 3 aliphatic rings. The predicted octanol–water partition coefficient (Wildman–Crippen LogP) is 4.45. The van der Waals surface area contributed by atoms with Gasteiger partial charge in [0.05, 0.1) is 0 Å². The molecule has 0 aliphatic heterocycles. The molecule has 0 unspecified atom stereocenters. The van der Waals surface area contributed by atoms with Crippen LogP contribution in [0, 0.1) is 22.2 Å². The summed E-state index contributed by atoms with van der Waals surface area (Å²) in [5, 5.41) is 0. The van der Waals surface area contributed by atoms with E-state index in [0.717, 1.165) is 12.2 Å². The van der Waals surface area contributed by atoms with Gasteiger partial charge in [-0.25, -0.2) is 0 Å². The van der Waals surface area contributed by atoms with Crippen molar-refractivity contribution in [1.29, 1.82) is 0 Å². The fourth-order valence-corrected chi connectivity index (χ4v) is 5.71. The summed E-state index contributed by atoms with van der Waals surface area (Å²) in [5.41, 5.74) is 2.47. The van der Waals surface area contributed by atoms with Crippen molar-refractivity contribution >= 4 is 5.97 Å². The highest BCUT2D eigenvalue weighted by atomic mass is 16.5. The monoisotopic (exact) mass is 262 g/mol. The number of carbonyl (C=O) groups is 1. The zero-order valence-corrected chi connectivity index (χ0v) is 12.9. The lowest BCUT2D eigenvalue weighted by atomic mass is 9.50. The minimum atomic E-state index is -0.159. The number of esters is 1. The van der Waals surface area contributed by atoms with E-state index in [2.05, 4.69) is 27.7 Å². The third-order valence-electron chi connectivity index (χ3n) is 6.42. The lowest BCUT2D eigenvalue weighted by Crippen LogP contribution is -2.47. The van der Waals surface area contributed by atoms with Crippen LogP contribution in [0.3, 0.4) is 0 Å². The summed E-state index contributed by atoms with van der Waals surface area (Å²) in [6.45, 7) is 11.0. The SMILES string of the molecule is CC(=O)OC1=C(C)C[C@]2(C)CCCC(C)(C)[C@@]23C[C@@H]13. The molecule has 106 valence electrons. The van der Waals surface area contributed by atoms with Crippen molar-refractivity contribution < 1.29 is 9.53 Å². The quantitative estimate of drug-likeness (QED) is 0.653. The summed E-state index contributed by atoms with van der Waals surface area (Å²) in [6, 6.07) is 0. The average Bonchev–Trinajstić information content (AvgIpc) is 2.99. The maximum absolute atomic E-state index is 11.4. The molecule has 2 heteroatoms. The van der Waals surface area contributed by atoms with E-state index in [0.29, 0.717) is 22.2 Å². The van der Waals surface area contributed by atoms with Crippen LogP contribution in [0.15, 0.2) is 11.3 Å². The van der Waals surface area contributed by atoms with Gasteiger partial charge < -0.3 is 4.74 Å². The molecule has 3 aliphatic carbocycles. The van der Waals surface area contributed by atoms with Crippen molar-refractivity contribution in [1.82, 2.24) is 0 Å². The van der Waals surface area contributed by atoms with Crippen LogP contribution in [0.4, 0.5) is 0 Å². The molecule has 0 aromatic heterocycles. The first-order valence-corrected chi connectivity index (χ1v) is 7.62. The van der Waals surface area contributed by atoms with Crippen molar-refractivity contribution in [2.24, 2.45) is 22.2 Å². The molecular formula is C17H26O2. The van der Waals surface area contributed by atoms with E-state index in [-0.39, 0.29) is 5.97 Å². The second-order valence-electron chi connectivity index (χ2n) is 7.94. The Labute approximate surface area is 116 Å². The minimum absolute atomic E-state index is 0.159. The maximum atomic E-state index is 11.4. The average molecular weight is 262 g/mol. The molecule has 2 fully saturated rings. The molecule has 0 aromatic carbocycles. The summed E-state index contributed by atoms with van der Waals surface area (Å²) in [4.78, 5) is 11.4. The zero-order chi connectivity index (χ0) is 14.1. The van der Waals surface area contributed by atoms with Crippen molar-refractivity contribution in [3.05, 3.63) is 11.3 Å². The first kappa shape index (κ1) is 13.2. The van der Waals surface area contributed by atoms with Crippen molar-refractivity contribution in [2.75, 3.05) is 0 Å². The second-order valence-corrected chi connectivity index (χ2v) is 7.94. The van der Waals surface area contributed by atoms with Gasteiger partial charge in [0.15, 0.2) is 0 Å². The van der Waals surface area contributed by atoms with Crippen LogP contribution in [0.25, 0.3) is 0 Å². The zero-order valence-electron chi connectivity index (χ0n) is 12.9. The molecule has 0 bridgehead atoms. The normalized spacial score (nSPS) is 43.3. The lowest BCUT2D eigenvalue weighted by Gasteiger charge is -2.55. The third kappa shape index (κ3) is 1.52. The topological polar surface area (TPSA) is 26.3 Å². The number of rotatable bonds is 1. The Bertz CT molecular complexity index is 474. The van der Waals surface area contributed by atoms with Crippen LogP contribution in [0.1, 0.15) is 66.7 Å². The van der Waals surface area contributed by atoms with Gasteiger partial charge in [-0.1, -0.05) is 27.2 Å². The highest BCUT2D eigenvalue weighted by Crippen LogP contribution is 2.81. The standard InChI is InChI=1S/C17H26O2/c1-11-9-16(5)8-6-7-15(3,4)17(16)10-13(17)14(11)19-12(2)18/h13H,6-10H2,1-5H3/t13-,16-,17-/m0/s1. The maximum Gasteiger partial charge on any atom is 0.307 e. The molecule has 0 saturated heterocycles. The largest absolute Gasteiger partial charge is 0.431 e. The van der Waals surface area contributed by atoms with E-state index in [4.69, 9.17) is 4.74 Å². The summed E-state index contributed by atoms with van der Waals surface area (Å²) < 4.78 is 5.58. The van der Waals surface area contributed by atoms with Crippen LogP contribution in [-0.4, -0.2) is 5.97 Å². The van der Waals surface area contributed by atoms with Crippen LogP contribution < -0.4 is 0 Å². The second kappa shape index (κ2) is 3.65. The van der Waals surface area contributed by atoms with E-state index in [1.165, 1.54) is 38.2 Å². The van der Waals surface area contributed by atoms with Gasteiger partial charge in [0.2, 0.25) is 0 Å². The molecular weight excluding hydrogens is 236 g/mol. The fraction of sp³-hybridized carbons (Fsp3) is 0.824. The Kier molecular flexibility index (Phi) is 2.54. The Balaban J connectivity index is 2.04. The Morgan fingerprint density at radius 1 is 1.26 bits per heavy atom. The molecule has 0 aromatic rings. The van der Waals surface area contributed by atoms with Crippen LogP contribution in [0.5, 0.6) is 0 Å². The summed E-state index contributed by atoms with van der Waals surface area (Å²) in [7, 11) is 0. The third-order valence-corrected chi connectivity index (χ3v) is 6.42. The molecule has 0 N–H and O–H groups in total. The Morgan fingerprint density at radius 3 is 2.58 bits per heavy atom. The predicted molar refractivity (Wildman–Crippen MR) is 75.4 cm³/mol. The Morgan fingerprint density at radius 2 is 1.95 bits per heavy atom. The van der Waals surface area contributed by atoms with E-state index >= 15 is 0 Å². The van der Waals surface area contributed by atoms with E-state index in [1.54, 1.807) is 0 Å². The first-order chi connectivity index (χ1) is 8.73. The van der Waals surface area contributed by atoms with Gasteiger partial charge in [0.1, 0.15) is 5.76 Å². The molecule has 0 heterocycles. The molecule has 1 spiro atoms. The summed E-state index contributed by atoms with van der Waals surface area (Å²) >= 11 is 0. The van der Waals surface area contributed by atoms with Crippen molar-refractivity contribution in [2.45, 2.75) is 66.7 Å². The Hall–Kier alpha value is -0.790. The van der Waals surface area contributed by atoms with E-state index in [9.17, 15) is 4.79 Å². The highest BCUT2D eigenvalue weighted by molar-refractivity contribution is 5.68. The van der Waals surface area contributed by atoms with Crippen LogP contribution >= 0.6 is 0 Å². The van der Waals surface area contributed by atoms with Gasteiger partial charge in [0.25, 0.3) is 0 Å². The number of allylic oxidation sites excluding steroid dienone is 2. The van der Waals surface area contributed by atoms with Gasteiger partial charge in [-0.15, -0.1) is 0 Å². The van der Waals surface area contributed by atoms with Crippen molar-refractivity contribution in [3.63, 3.8) is 0 Å². The van der Waals surface area contributed by atoms with Crippen LogP contribution in [-0.2, 0) is 9.53 Å². The van der Waals surface area contributed by atoms with Gasteiger partial charge in [-0.05, 0) is 54.4 Å². The number of ether oxygens (including phenoxy) is 1. The number of carbonyl (C=O) groups excluding carboxylic acids is 1. The van der Waals surface area contributed by atoms with Gasteiger partial charge in [0, 0.05) is 12.8 Å². The first-order valence-electron chi connectivity index (χ1n) is 7.62. The molecule has 3 rings (SSSR count). The van der Waals surface area contributed by atoms with E-state index in [1.807, 2.05) is 0 Å². The molecule has 2 saturated carbocycles. The summed E-state index contributed by atoms with van der Waals surface area (Å²) in [6.07, 6.45) is 6.31. The van der Waals surface area contributed by atoms with Gasteiger partial charge >= 0.3 is 5.97 Å². The molecule has 0 radical (unpaired) electrons. The summed E-state index contributed by atoms with van der Waals surface area (Å²) in [5.74, 6) is 1.35. The smallest absolute Gasteiger partial charge is 0.307 e. The minimum Gasteiger partial charge on any atom is -0.431 e. The molecule has 19 heavy (non-hydrogen) atoms. The highest BCUT2D eigenvalue weighted by Gasteiger charge is 2.74. The number of hydrogen-bond acceptors (Lipinski definition) is 2. The molecule has 3 atom stereocenters. The van der Waals surface area contributed by atoms with Crippen LogP contribution in [0.2, 0.25) is 0 Å². The lowest BCUT2D eigenvalue weighted by molar-refractivity contribution is -0.138. The fourth-order valence-electron chi connectivity index (χ4n) is 5.71. The van der Waals surface area contributed by atoms with Gasteiger partial charge in [-0.2, -0.15) is 0 Å². The van der Waals surface area contributed by atoms with Gasteiger partial charge in [-0.3, -0.25) is 4.79 Å². The molecule has 2 nitrogen and oxygen atoms in total. The van der Waals surface area contributed by atoms with Crippen molar-refractivity contribution in [3.8, 4) is 0 Å². The molecule has 0 amide bonds. The number of hydrogen-bond donors (Lipinski definition) is 0.